The molecule has 1 aliphatic heterocycles. The molecule has 0 bridgehead atoms. The maximum atomic E-state index is 9.98. The summed E-state index contributed by atoms with van der Waals surface area (Å²) in [5.41, 5.74) is 3.47. The van der Waals surface area contributed by atoms with Gasteiger partial charge in [0, 0.05) is 12.2 Å². The molecule has 0 saturated carbocycles. The lowest BCUT2D eigenvalue weighted by molar-refractivity contribution is -0.155. The third-order valence-electron chi connectivity index (χ3n) is 4.64. The van der Waals surface area contributed by atoms with Crippen LogP contribution in [0.5, 0.6) is 11.5 Å². The number of rotatable bonds is 9. The van der Waals surface area contributed by atoms with Crippen LogP contribution < -0.4 is 4.74 Å². The maximum absolute atomic E-state index is 9.98. The van der Waals surface area contributed by atoms with Crippen molar-refractivity contribution < 1.29 is 19.3 Å². The average Bonchev–Trinajstić information content (AvgIpc) is 2.64. The molecule has 0 aromatic heterocycles. The monoisotopic (exact) mass is 360 g/mol. The maximum Gasteiger partial charge on any atom is 0.157 e. The van der Waals surface area contributed by atoms with E-state index in [1.54, 1.807) is 19.2 Å². The first-order valence-corrected chi connectivity index (χ1v) is 9.49. The fourth-order valence-electron chi connectivity index (χ4n) is 2.99. The zero-order valence-corrected chi connectivity index (χ0v) is 16.3. The van der Waals surface area contributed by atoms with Crippen molar-refractivity contribution in [2.45, 2.75) is 58.7 Å². The molecule has 1 aliphatic rings. The van der Waals surface area contributed by atoms with Gasteiger partial charge in [-0.3, -0.25) is 0 Å². The highest BCUT2D eigenvalue weighted by Gasteiger charge is 2.12. The first kappa shape index (κ1) is 20.5. The highest BCUT2D eigenvalue weighted by atomic mass is 16.7. The summed E-state index contributed by atoms with van der Waals surface area (Å²) in [6.07, 6.45) is 10.4. The molecular formula is C22H32O4. The summed E-state index contributed by atoms with van der Waals surface area (Å²) in [7, 11) is 1.64. The predicted octanol–water partition coefficient (Wildman–Crippen LogP) is 5.16. The zero-order valence-electron chi connectivity index (χ0n) is 16.3. The number of allylic oxidation sites excluding steroid dienone is 3. The summed E-state index contributed by atoms with van der Waals surface area (Å²) in [6, 6.07) is 5.35. The quantitative estimate of drug-likeness (QED) is 0.618. The van der Waals surface area contributed by atoms with Gasteiger partial charge in [0.2, 0.25) is 0 Å². The highest BCUT2D eigenvalue weighted by Crippen LogP contribution is 2.25. The van der Waals surface area contributed by atoms with Crippen LogP contribution in [0, 0.1) is 0 Å². The Hall–Kier alpha value is -1.78. The SMILES string of the molecule is COc1ccc(O)c(CC(C)=CCCC(C)=CCOC2CCCCO2)c1. The lowest BCUT2D eigenvalue weighted by atomic mass is 10.0. The number of phenolic OH excluding ortho intramolecular Hbond substituents is 1. The Morgan fingerprint density at radius 1 is 1.23 bits per heavy atom. The molecule has 1 atom stereocenters. The van der Waals surface area contributed by atoms with E-state index in [0.717, 1.165) is 50.0 Å². The molecule has 1 aromatic rings. The Morgan fingerprint density at radius 2 is 2.08 bits per heavy atom. The fraction of sp³-hybridized carbons (Fsp3) is 0.545. The van der Waals surface area contributed by atoms with Gasteiger partial charge in [-0.1, -0.05) is 23.3 Å². The second kappa shape index (κ2) is 11.0. The number of phenols is 1. The van der Waals surface area contributed by atoms with Gasteiger partial charge in [-0.25, -0.2) is 0 Å². The van der Waals surface area contributed by atoms with Gasteiger partial charge in [-0.15, -0.1) is 0 Å². The second-order valence-corrected chi connectivity index (χ2v) is 6.94. The van der Waals surface area contributed by atoms with Gasteiger partial charge in [0.05, 0.1) is 13.7 Å². The van der Waals surface area contributed by atoms with Gasteiger partial charge >= 0.3 is 0 Å². The van der Waals surface area contributed by atoms with Crippen molar-refractivity contribution in [2.75, 3.05) is 20.3 Å². The first-order chi connectivity index (χ1) is 12.6. The first-order valence-electron chi connectivity index (χ1n) is 9.49. The lowest BCUT2D eigenvalue weighted by Crippen LogP contribution is -2.22. The number of benzene rings is 1. The van der Waals surface area contributed by atoms with E-state index < -0.39 is 0 Å². The Labute approximate surface area is 157 Å². The van der Waals surface area contributed by atoms with Crippen molar-refractivity contribution in [1.82, 2.24) is 0 Å². The van der Waals surface area contributed by atoms with Gasteiger partial charge in [0.1, 0.15) is 11.5 Å². The molecule has 4 nitrogen and oxygen atoms in total. The molecular weight excluding hydrogens is 328 g/mol. The van der Waals surface area contributed by atoms with Gasteiger partial charge in [0.25, 0.3) is 0 Å². The lowest BCUT2D eigenvalue weighted by Gasteiger charge is -2.22. The molecule has 1 unspecified atom stereocenters. The number of hydrogen-bond donors (Lipinski definition) is 1. The summed E-state index contributed by atoms with van der Waals surface area (Å²) in [5, 5.41) is 9.98. The van der Waals surface area contributed by atoms with Crippen molar-refractivity contribution in [2.24, 2.45) is 0 Å². The van der Waals surface area contributed by atoms with Crippen LogP contribution in [0.2, 0.25) is 0 Å². The Kier molecular flexibility index (Phi) is 8.72. The second-order valence-electron chi connectivity index (χ2n) is 6.94. The topological polar surface area (TPSA) is 47.9 Å². The van der Waals surface area contributed by atoms with Gasteiger partial charge < -0.3 is 19.3 Å². The zero-order chi connectivity index (χ0) is 18.8. The fourth-order valence-corrected chi connectivity index (χ4v) is 2.99. The van der Waals surface area contributed by atoms with Crippen LogP contribution in [-0.2, 0) is 15.9 Å². The minimum atomic E-state index is -0.0227. The third kappa shape index (κ3) is 7.22. The standard InChI is InChI=1S/C22H32O4/c1-17(12-14-26-22-9-4-5-13-25-22)7-6-8-18(2)15-19-16-20(24-3)10-11-21(19)23/h8,10-12,16,22-23H,4-7,9,13-15H2,1-3H3. The van der Waals surface area contributed by atoms with E-state index in [-0.39, 0.29) is 6.29 Å². The molecule has 2 rings (SSSR count). The number of methoxy groups -OCH3 is 1. The van der Waals surface area contributed by atoms with Crippen LogP contribution in [-0.4, -0.2) is 31.7 Å². The van der Waals surface area contributed by atoms with Crippen molar-refractivity contribution in [1.29, 1.82) is 0 Å². The Balaban J connectivity index is 1.73. The Bertz CT molecular complexity index is 613. The number of hydrogen-bond acceptors (Lipinski definition) is 4. The van der Waals surface area contributed by atoms with Crippen LogP contribution in [0.1, 0.15) is 51.5 Å². The van der Waals surface area contributed by atoms with Crippen LogP contribution in [0.3, 0.4) is 0 Å². The molecule has 0 aliphatic carbocycles. The largest absolute Gasteiger partial charge is 0.508 e. The minimum absolute atomic E-state index is 0.0227. The molecule has 0 amide bonds. The van der Waals surface area contributed by atoms with E-state index in [0.29, 0.717) is 12.4 Å². The predicted molar refractivity (Wildman–Crippen MR) is 105 cm³/mol. The van der Waals surface area contributed by atoms with E-state index in [4.69, 9.17) is 14.2 Å². The van der Waals surface area contributed by atoms with Gasteiger partial charge in [-0.2, -0.15) is 0 Å². The summed E-state index contributed by atoms with van der Waals surface area (Å²) in [6.45, 7) is 5.68. The minimum Gasteiger partial charge on any atom is -0.508 e. The molecule has 0 spiro atoms. The summed E-state index contributed by atoms with van der Waals surface area (Å²) in [5.74, 6) is 1.09. The average molecular weight is 360 g/mol. The normalized spacial score (nSPS) is 18.8. The molecule has 1 saturated heterocycles. The molecule has 4 heteroatoms. The molecule has 1 N–H and O–H groups in total. The van der Waals surface area contributed by atoms with Crippen LogP contribution >= 0.6 is 0 Å². The summed E-state index contributed by atoms with van der Waals surface area (Å²) >= 11 is 0. The van der Waals surface area contributed by atoms with Crippen molar-refractivity contribution in [3.63, 3.8) is 0 Å². The van der Waals surface area contributed by atoms with Crippen molar-refractivity contribution >= 4 is 0 Å². The van der Waals surface area contributed by atoms with Gasteiger partial charge in [0.15, 0.2) is 6.29 Å². The van der Waals surface area contributed by atoms with Crippen LogP contribution in [0.25, 0.3) is 0 Å². The van der Waals surface area contributed by atoms with Gasteiger partial charge in [-0.05, 0) is 70.6 Å². The molecule has 1 heterocycles. The molecule has 0 radical (unpaired) electrons. The van der Waals surface area contributed by atoms with E-state index >= 15 is 0 Å². The van der Waals surface area contributed by atoms with Crippen molar-refractivity contribution in [3.05, 3.63) is 47.1 Å². The number of ether oxygens (including phenoxy) is 3. The smallest absolute Gasteiger partial charge is 0.157 e. The van der Waals surface area contributed by atoms with Crippen LogP contribution in [0.4, 0.5) is 0 Å². The Morgan fingerprint density at radius 3 is 2.81 bits per heavy atom. The van der Waals surface area contributed by atoms with E-state index in [1.807, 2.05) is 6.07 Å². The van der Waals surface area contributed by atoms with Crippen LogP contribution in [0.15, 0.2) is 41.5 Å². The molecule has 144 valence electrons. The van der Waals surface area contributed by atoms with E-state index in [9.17, 15) is 5.11 Å². The molecule has 1 aromatic carbocycles. The van der Waals surface area contributed by atoms with Crippen molar-refractivity contribution in [3.8, 4) is 11.5 Å². The molecule has 1 fully saturated rings. The summed E-state index contributed by atoms with van der Waals surface area (Å²) < 4.78 is 16.5. The number of aromatic hydroxyl groups is 1. The molecule has 26 heavy (non-hydrogen) atoms. The van der Waals surface area contributed by atoms with E-state index in [1.165, 1.54) is 17.6 Å². The summed E-state index contributed by atoms with van der Waals surface area (Å²) in [4.78, 5) is 0. The van der Waals surface area contributed by atoms with E-state index in [2.05, 4.69) is 26.0 Å². The third-order valence-corrected chi connectivity index (χ3v) is 4.64. The highest BCUT2D eigenvalue weighted by molar-refractivity contribution is 5.41.